The summed E-state index contributed by atoms with van der Waals surface area (Å²) in [6, 6.07) is 7.15. The first-order chi connectivity index (χ1) is 8.22. The van der Waals surface area contributed by atoms with E-state index < -0.39 is 0 Å². The summed E-state index contributed by atoms with van der Waals surface area (Å²) >= 11 is 0. The second-order valence-corrected chi connectivity index (χ2v) is 4.14. The number of nitrogens with two attached hydrogens (primary N) is 1. The summed E-state index contributed by atoms with van der Waals surface area (Å²) in [6.07, 6.45) is 1.87. The maximum Gasteiger partial charge on any atom is 0.277 e. The van der Waals surface area contributed by atoms with E-state index in [1.54, 1.807) is 12.1 Å². The number of nitrogens with zero attached hydrogens (tertiary/aromatic N) is 3. The van der Waals surface area contributed by atoms with Gasteiger partial charge in [0.15, 0.2) is 0 Å². The van der Waals surface area contributed by atoms with Crippen molar-refractivity contribution in [2.45, 2.75) is 32.4 Å². The molecule has 1 heterocycles. The lowest BCUT2D eigenvalue weighted by Gasteiger charge is -2.10. The highest BCUT2D eigenvalue weighted by Gasteiger charge is 2.08. The van der Waals surface area contributed by atoms with Crippen molar-refractivity contribution >= 4 is 10.9 Å². The lowest BCUT2D eigenvalue weighted by Crippen LogP contribution is -2.34. The molecule has 5 nitrogen and oxygen atoms in total. The van der Waals surface area contributed by atoms with Crippen LogP contribution in [0.3, 0.4) is 0 Å². The highest BCUT2D eigenvalue weighted by molar-refractivity contribution is 5.76. The van der Waals surface area contributed by atoms with Gasteiger partial charge in [-0.2, -0.15) is 0 Å². The highest BCUT2D eigenvalue weighted by atomic mass is 16.1. The Kier molecular flexibility index (Phi) is 3.49. The molecular weight excluding hydrogens is 216 g/mol. The Bertz CT molecular complexity index is 564. The van der Waals surface area contributed by atoms with Crippen molar-refractivity contribution in [2.75, 3.05) is 0 Å². The summed E-state index contributed by atoms with van der Waals surface area (Å²) in [5.74, 6) is 0. The Morgan fingerprint density at radius 1 is 1.41 bits per heavy atom. The van der Waals surface area contributed by atoms with Crippen molar-refractivity contribution in [3.05, 3.63) is 34.6 Å². The number of hydrogen-bond acceptors (Lipinski definition) is 4. The van der Waals surface area contributed by atoms with Gasteiger partial charge in [0.05, 0.1) is 11.9 Å². The van der Waals surface area contributed by atoms with Gasteiger partial charge in [-0.05, 0) is 18.6 Å². The fraction of sp³-hybridized carbons (Fsp3) is 0.417. The maximum atomic E-state index is 12.1. The van der Waals surface area contributed by atoms with Gasteiger partial charge in [-0.25, -0.2) is 4.68 Å². The molecule has 0 amide bonds. The van der Waals surface area contributed by atoms with Gasteiger partial charge in [-0.1, -0.05) is 30.7 Å². The Balaban J connectivity index is 2.36. The molecule has 5 heteroatoms. The summed E-state index contributed by atoms with van der Waals surface area (Å²) < 4.78 is 1.35. The topological polar surface area (TPSA) is 73.8 Å². The zero-order valence-electron chi connectivity index (χ0n) is 9.84. The fourth-order valence-corrected chi connectivity index (χ4v) is 1.83. The lowest BCUT2D eigenvalue weighted by molar-refractivity contribution is 0.452. The molecule has 0 fully saturated rings. The van der Waals surface area contributed by atoms with Crippen LogP contribution in [0.15, 0.2) is 29.1 Å². The predicted molar refractivity (Wildman–Crippen MR) is 66.7 cm³/mol. The second kappa shape index (κ2) is 5.05. The molecule has 0 spiro atoms. The molecule has 2 N–H and O–H groups in total. The molecule has 0 aliphatic carbocycles. The molecule has 1 unspecified atom stereocenters. The van der Waals surface area contributed by atoms with Crippen LogP contribution >= 0.6 is 0 Å². The molecule has 0 aliphatic rings. The Labute approximate surface area is 99.2 Å². The number of aromatic nitrogens is 3. The first-order valence-corrected chi connectivity index (χ1v) is 5.80. The van der Waals surface area contributed by atoms with E-state index in [4.69, 9.17) is 5.73 Å². The second-order valence-electron chi connectivity index (χ2n) is 4.14. The van der Waals surface area contributed by atoms with Gasteiger partial charge in [0.1, 0.15) is 5.52 Å². The number of benzene rings is 1. The van der Waals surface area contributed by atoms with Crippen LogP contribution in [0.5, 0.6) is 0 Å². The molecule has 0 saturated heterocycles. The zero-order chi connectivity index (χ0) is 12.3. The van der Waals surface area contributed by atoms with Gasteiger partial charge < -0.3 is 5.73 Å². The van der Waals surface area contributed by atoms with Crippen LogP contribution < -0.4 is 11.3 Å². The van der Waals surface area contributed by atoms with Crippen LogP contribution in [0.1, 0.15) is 19.8 Å². The van der Waals surface area contributed by atoms with E-state index in [9.17, 15) is 4.79 Å². The molecule has 0 bridgehead atoms. The van der Waals surface area contributed by atoms with E-state index in [0.29, 0.717) is 17.4 Å². The summed E-state index contributed by atoms with van der Waals surface area (Å²) in [5, 5.41) is 8.50. The van der Waals surface area contributed by atoms with E-state index in [2.05, 4.69) is 17.2 Å². The van der Waals surface area contributed by atoms with E-state index in [1.165, 1.54) is 4.68 Å². The van der Waals surface area contributed by atoms with E-state index in [1.807, 2.05) is 12.1 Å². The number of hydrogen-bond donors (Lipinski definition) is 1. The Morgan fingerprint density at radius 3 is 2.94 bits per heavy atom. The Hall–Kier alpha value is -1.75. The van der Waals surface area contributed by atoms with E-state index >= 15 is 0 Å². The Morgan fingerprint density at radius 2 is 2.18 bits per heavy atom. The summed E-state index contributed by atoms with van der Waals surface area (Å²) in [6.45, 7) is 2.49. The minimum absolute atomic E-state index is 0.0480. The SMILES string of the molecule is CCCC(N)Cn1nnc2ccccc2c1=O. The molecule has 1 aromatic heterocycles. The fourth-order valence-electron chi connectivity index (χ4n) is 1.83. The van der Waals surface area contributed by atoms with E-state index in [-0.39, 0.29) is 11.6 Å². The molecular formula is C12H16N4O. The normalized spacial score (nSPS) is 12.8. The molecule has 0 aliphatic heterocycles. The van der Waals surface area contributed by atoms with Crippen LogP contribution in [0, 0.1) is 0 Å². The molecule has 90 valence electrons. The highest BCUT2D eigenvalue weighted by Crippen LogP contribution is 2.03. The van der Waals surface area contributed by atoms with Gasteiger partial charge >= 0.3 is 0 Å². The number of fused-ring (bicyclic) bond motifs is 1. The smallest absolute Gasteiger partial charge is 0.277 e. The van der Waals surface area contributed by atoms with Gasteiger partial charge in [-0.15, -0.1) is 5.10 Å². The first-order valence-electron chi connectivity index (χ1n) is 5.80. The van der Waals surface area contributed by atoms with Crippen molar-refractivity contribution in [3.8, 4) is 0 Å². The van der Waals surface area contributed by atoms with Gasteiger partial charge in [-0.3, -0.25) is 4.79 Å². The monoisotopic (exact) mass is 232 g/mol. The third-order valence-electron chi connectivity index (χ3n) is 2.70. The van der Waals surface area contributed by atoms with Crippen LogP contribution in [-0.4, -0.2) is 21.0 Å². The van der Waals surface area contributed by atoms with Crippen molar-refractivity contribution in [3.63, 3.8) is 0 Å². The molecule has 17 heavy (non-hydrogen) atoms. The molecule has 0 saturated carbocycles. The first kappa shape index (κ1) is 11.7. The van der Waals surface area contributed by atoms with Gasteiger partial charge in [0.25, 0.3) is 5.56 Å². The molecule has 1 atom stereocenters. The quantitative estimate of drug-likeness (QED) is 0.850. The standard InChI is InChI=1S/C12H16N4O/c1-2-5-9(13)8-16-12(17)10-6-3-4-7-11(10)14-15-16/h3-4,6-7,9H,2,5,8,13H2,1H3. The summed E-state index contributed by atoms with van der Waals surface area (Å²) in [7, 11) is 0. The van der Waals surface area contributed by atoms with Gasteiger partial charge in [0, 0.05) is 6.04 Å². The van der Waals surface area contributed by atoms with Gasteiger partial charge in [0.2, 0.25) is 0 Å². The molecule has 2 aromatic rings. The molecule has 2 rings (SSSR count). The van der Waals surface area contributed by atoms with E-state index in [0.717, 1.165) is 12.8 Å². The largest absolute Gasteiger partial charge is 0.326 e. The third kappa shape index (κ3) is 2.50. The average molecular weight is 232 g/mol. The number of rotatable bonds is 4. The molecule has 1 aromatic carbocycles. The third-order valence-corrected chi connectivity index (χ3v) is 2.70. The van der Waals surface area contributed by atoms with Crippen LogP contribution in [0.2, 0.25) is 0 Å². The van der Waals surface area contributed by atoms with Crippen molar-refractivity contribution in [1.82, 2.24) is 15.0 Å². The predicted octanol–water partition coefficient (Wildman–Crippen LogP) is 0.919. The zero-order valence-corrected chi connectivity index (χ0v) is 9.84. The van der Waals surface area contributed by atoms with Crippen molar-refractivity contribution in [2.24, 2.45) is 5.73 Å². The summed E-state index contributed by atoms with van der Waals surface area (Å²) in [5.41, 5.74) is 6.40. The summed E-state index contributed by atoms with van der Waals surface area (Å²) in [4.78, 5) is 12.1. The van der Waals surface area contributed by atoms with Crippen LogP contribution in [0.4, 0.5) is 0 Å². The maximum absolute atomic E-state index is 12.1. The van der Waals surface area contributed by atoms with Crippen LogP contribution in [-0.2, 0) is 6.54 Å². The van der Waals surface area contributed by atoms with Crippen molar-refractivity contribution in [1.29, 1.82) is 0 Å². The molecule has 0 radical (unpaired) electrons. The average Bonchev–Trinajstić information content (AvgIpc) is 2.33. The minimum Gasteiger partial charge on any atom is -0.326 e. The minimum atomic E-state index is -0.123. The van der Waals surface area contributed by atoms with Crippen LogP contribution in [0.25, 0.3) is 10.9 Å². The van der Waals surface area contributed by atoms with Crippen molar-refractivity contribution < 1.29 is 0 Å². The lowest BCUT2D eigenvalue weighted by atomic mass is 10.2.